The summed E-state index contributed by atoms with van der Waals surface area (Å²) in [5, 5.41) is 11.4. The molecule has 1 rings (SSSR count). The smallest absolute Gasteiger partial charge is 0.408 e. The summed E-state index contributed by atoms with van der Waals surface area (Å²) in [7, 11) is 0. The molecule has 4 nitrogen and oxygen atoms in total. The molecule has 1 aliphatic heterocycles. The predicted molar refractivity (Wildman–Crippen MR) is 57.9 cm³/mol. The van der Waals surface area contributed by atoms with Gasteiger partial charge in [-0.05, 0) is 26.2 Å². The molecule has 18 heavy (non-hydrogen) atoms. The number of hydrogen-bond acceptors (Lipinski definition) is 4. The van der Waals surface area contributed by atoms with Crippen molar-refractivity contribution in [2.24, 2.45) is 0 Å². The molecule has 1 aliphatic rings. The third kappa shape index (κ3) is 3.35. The van der Waals surface area contributed by atoms with Gasteiger partial charge in [-0.1, -0.05) is 0 Å². The van der Waals surface area contributed by atoms with Crippen LogP contribution in [0.1, 0.15) is 32.6 Å². The summed E-state index contributed by atoms with van der Waals surface area (Å²) in [5.74, 6) is -0.522. The van der Waals surface area contributed by atoms with Crippen molar-refractivity contribution in [3.05, 3.63) is 0 Å². The number of piperidine rings is 1. The molecule has 0 amide bonds. The van der Waals surface area contributed by atoms with Crippen molar-refractivity contribution in [2.75, 3.05) is 13.2 Å². The number of esters is 1. The topological polar surface area (TPSA) is 58.6 Å². The quantitative estimate of drug-likeness (QED) is 0.757. The van der Waals surface area contributed by atoms with Gasteiger partial charge in [-0.15, -0.1) is 0 Å². The van der Waals surface area contributed by atoms with Crippen LogP contribution in [0.25, 0.3) is 0 Å². The first-order chi connectivity index (χ1) is 8.34. The summed E-state index contributed by atoms with van der Waals surface area (Å²) in [4.78, 5) is 11.3. The number of aliphatic hydroxyl groups is 1. The molecule has 0 bridgehead atoms. The number of carbonyl (C=O) groups excluding carboxylic acids is 1. The second-order valence-electron chi connectivity index (χ2n) is 4.48. The minimum atomic E-state index is -4.53. The zero-order valence-corrected chi connectivity index (χ0v) is 10.2. The lowest BCUT2D eigenvalue weighted by molar-refractivity contribution is -0.217. The lowest BCUT2D eigenvalue weighted by Gasteiger charge is -2.42. The largest absolute Gasteiger partial charge is 0.466 e. The molecule has 2 atom stereocenters. The Morgan fingerprint density at radius 2 is 2.22 bits per heavy atom. The van der Waals surface area contributed by atoms with Crippen LogP contribution in [-0.4, -0.2) is 42.0 Å². The first-order valence-corrected chi connectivity index (χ1v) is 5.95. The zero-order valence-electron chi connectivity index (χ0n) is 10.2. The second kappa shape index (κ2) is 5.88. The van der Waals surface area contributed by atoms with Gasteiger partial charge in [0.05, 0.1) is 19.6 Å². The minimum absolute atomic E-state index is 0.105. The number of ether oxygens (including phenoxy) is 1. The molecule has 0 unspecified atom stereocenters. The van der Waals surface area contributed by atoms with Crippen LogP contribution in [0.15, 0.2) is 0 Å². The van der Waals surface area contributed by atoms with E-state index < -0.39 is 30.3 Å². The maximum Gasteiger partial charge on any atom is 0.408 e. The molecule has 0 aromatic carbocycles. The Labute approximate surface area is 103 Å². The van der Waals surface area contributed by atoms with Gasteiger partial charge in [-0.2, -0.15) is 13.2 Å². The van der Waals surface area contributed by atoms with Crippen LogP contribution in [0.2, 0.25) is 0 Å². The summed E-state index contributed by atoms with van der Waals surface area (Å²) in [6.07, 6.45) is -4.03. The average molecular weight is 269 g/mol. The van der Waals surface area contributed by atoms with E-state index in [2.05, 4.69) is 5.32 Å². The number of hydrogen-bond donors (Lipinski definition) is 2. The van der Waals surface area contributed by atoms with Gasteiger partial charge >= 0.3 is 12.1 Å². The van der Waals surface area contributed by atoms with Crippen molar-refractivity contribution in [2.45, 2.75) is 50.4 Å². The molecular weight excluding hydrogens is 251 g/mol. The van der Waals surface area contributed by atoms with Crippen molar-refractivity contribution < 1.29 is 27.8 Å². The molecule has 1 fully saturated rings. The molecule has 7 heteroatoms. The van der Waals surface area contributed by atoms with Crippen LogP contribution >= 0.6 is 0 Å². The molecule has 106 valence electrons. The fourth-order valence-electron chi connectivity index (χ4n) is 2.20. The molecule has 1 heterocycles. The van der Waals surface area contributed by atoms with Crippen LogP contribution in [0, 0.1) is 0 Å². The summed E-state index contributed by atoms with van der Waals surface area (Å²) < 4.78 is 43.5. The first kappa shape index (κ1) is 15.2. The van der Waals surface area contributed by atoms with Gasteiger partial charge in [0.2, 0.25) is 0 Å². The second-order valence-corrected chi connectivity index (χ2v) is 4.48. The van der Waals surface area contributed by atoms with Crippen LogP contribution < -0.4 is 5.32 Å². The number of nitrogens with one attached hydrogen (secondary N) is 1. The van der Waals surface area contributed by atoms with Gasteiger partial charge in [-0.3, -0.25) is 10.1 Å². The fraction of sp³-hybridized carbons (Fsp3) is 0.909. The number of halogens is 3. The van der Waals surface area contributed by atoms with Crippen LogP contribution in [0.4, 0.5) is 13.2 Å². The Bertz CT molecular complexity index is 296. The lowest BCUT2D eigenvalue weighted by atomic mass is 9.85. The highest BCUT2D eigenvalue weighted by molar-refractivity contribution is 5.70. The third-order valence-corrected chi connectivity index (χ3v) is 3.17. The molecular formula is C11H18F3NO3. The van der Waals surface area contributed by atoms with E-state index >= 15 is 0 Å². The maximum absolute atomic E-state index is 12.9. The van der Waals surface area contributed by atoms with Crippen LogP contribution in [-0.2, 0) is 9.53 Å². The van der Waals surface area contributed by atoms with E-state index in [0.29, 0.717) is 12.8 Å². The molecule has 0 saturated carbocycles. The summed E-state index contributed by atoms with van der Waals surface area (Å²) in [5.41, 5.74) is -2.29. The highest BCUT2D eigenvalue weighted by Crippen LogP contribution is 2.37. The van der Waals surface area contributed by atoms with E-state index in [1.165, 1.54) is 0 Å². The van der Waals surface area contributed by atoms with Crippen LogP contribution in [0.5, 0.6) is 0 Å². The van der Waals surface area contributed by atoms with E-state index in [1.54, 1.807) is 6.92 Å². The van der Waals surface area contributed by atoms with E-state index in [4.69, 9.17) is 9.84 Å². The van der Waals surface area contributed by atoms with Crippen molar-refractivity contribution in [1.29, 1.82) is 0 Å². The predicted octanol–water partition coefficient (Wildman–Crippen LogP) is 1.38. The van der Waals surface area contributed by atoms with Gasteiger partial charge in [-0.25, -0.2) is 0 Å². The Hall–Kier alpha value is -0.820. The molecule has 2 N–H and O–H groups in total. The van der Waals surface area contributed by atoms with E-state index in [9.17, 15) is 18.0 Å². The number of carbonyl (C=O) groups is 1. The fourth-order valence-corrected chi connectivity index (χ4v) is 2.20. The van der Waals surface area contributed by atoms with Crippen LogP contribution in [0.3, 0.4) is 0 Å². The number of aliphatic hydroxyl groups excluding tert-OH is 1. The molecule has 0 aliphatic carbocycles. The highest BCUT2D eigenvalue weighted by Gasteiger charge is 2.56. The van der Waals surface area contributed by atoms with Gasteiger partial charge in [0, 0.05) is 6.04 Å². The highest BCUT2D eigenvalue weighted by atomic mass is 19.4. The Morgan fingerprint density at radius 3 is 2.72 bits per heavy atom. The monoisotopic (exact) mass is 269 g/mol. The van der Waals surface area contributed by atoms with E-state index in [0.717, 1.165) is 0 Å². The Balaban J connectivity index is 2.67. The summed E-state index contributed by atoms with van der Waals surface area (Å²) >= 11 is 0. The standard InChI is InChI=1S/C11H18F3NO3/c1-2-18-9(17)6-8-4-3-5-10(7-16,15-8)11(12,13)14/h8,15-16H,2-7H2,1H3/t8-,10-/m0/s1. The van der Waals surface area contributed by atoms with Crippen molar-refractivity contribution in [3.8, 4) is 0 Å². The SMILES string of the molecule is CCOC(=O)C[C@@H]1CCC[C@](CO)(C(F)(F)F)N1. The Morgan fingerprint density at radius 1 is 1.56 bits per heavy atom. The van der Waals surface area contributed by atoms with Gasteiger partial charge in [0.25, 0.3) is 0 Å². The molecule has 0 aromatic heterocycles. The molecule has 0 radical (unpaired) electrons. The van der Waals surface area contributed by atoms with Crippen molar-refractivity contribution >= 4 is 5.97 Å². The lowest BCUT2D eigenvalue weighted by Crippen LogP contribution is -2.64. The number of rotatable bonds is 4. The normalized spacial score (nSPS) is 29.1. The third-order valence-electron chi connectivity index (χ3n) is 3.17. The summed E-state index contributed by atoms with van der Waals surface area (Å²) in [6, 6.07) is -0.605. The molecule has 0 aromatic rings. The van der Waals surface area contributed by atoms with Crippen molar-refractivity contribution in [1.82, 2.24) is 5.32 Å². The van der Waals surface area contributed by atoms with Gasteiger partial charge in [0.1, 0.15) is 5.54 Å². The first-order valence-electron chi connectivity index (χ1n) is 5.95. The average Bonchev–Trinajstić information content (AvgIpc) is 2.28. The zero-order chi connectivity index (χ0) is 13.8. The summed E-state index contributed by atoms with van der Waals surface area (Å²) in [6.45, 7) is 0.825. The maximum atomic E-state index is 12.9. The van der Waals surface area contributed by atoms with Gasteiger partial charge in [0.15, 0.2) is 0 Å². The minimum Gasteiger partial charge on any atom is -0.466 e. The Kier molecular flexibility index (Phi) is 4.98. The van der Waals surface area contributed by atoms with Crippen molar-refractivity contribution in [3.63, 3.8) is 0 Å². The van der Waals surface area contributed by atoms with E-state index in [-0.39, 0.29) is 19.4 Å². The molecule has 1 saturated heterocycles. The van der Waals surface area contributed by atoms with Gasteiger partial charge < -0.3 is 9.84 Å². The number of alkyl halides is 3. The van der Waals surface area contributed by atoms with E-state index in [1.807, 2.05) is 0 Å². The molecule has 0 spiro atoms.